The number of nitrogens with zero attached hydrogens (tertiary/aromatic N) is 1. The Bertz CT molecular complexity index is 1570. The van der Waals surface area contributed by atoms with Crippen LogP contribution in [0.4, 0.5) is 10.5 Å². The van der Waals surface area contributed by atoms with Crippen molar-refractivity contribution in [1.29, 1.82) is 0 Å². The normalized spacial score (nSPS) is 15.2. The summed E-state index contributed by atoms with van der Waals surface area (Å²) in [5, 5.41) is 11.4. The zero-order chi connectivity index (χ0) is 41.2. The number of urea groups is 1. The van der Waals surface area contributed by atoms with Crippen molar-refractivity contribution in [2.45, 2.75) is 38.4 Å². The summed E-state index contributed by atoms with van der Waals surface area (Å²) in [5.41, 5.74) is 3.52. The van der Waals surface area contributed by atoms with E-state index in [0.29, 0.717) is 135 Å². The summed E-state index contributed by atoms with van der Waals surface area (Å²) < 4.78 is 44.0. The fraction of sp³-hybridized carbons (Fsp3) is 0.600. The summed E-state index contributed by atoms with van der Waals surface area (Å²) in [6, 6.07) is 9.54. The van der Waals surface area contributed by atoms with Gasteiger partial charge in [-0.25, -0.2) is 4.79 Å². The van der Waals surface area contributed by atoms with Crippen LogP contribution in [0.5, 0.6) is 0 Å². The lowest BCUT2D eigenvalue weighted by Crippen LogP contribution is -2.52. The Morgan fingerprint density at radius 1 is 0.724 bits per heavy atom. The van der Waals surface area contributed by atoms with Gasteiger partial charge in [0.25, 0.3) is 5.91 Å². The van der Waals surface area contributed by atoms with Crippen molar-refractivity contribution in [2.24, 2.45) is 0 Å². The maximum absolute atomic E-state index is 12.9. The van der Waals surface area contributed by atoms with E-state index in [0.717, 1.165) is 23.2 Å². The van der Waals surface area contributed by atoms with E-state index < -0.39 is 18.0 Å². The number of fused-ring (bicyclic) bond motifs is 1. The summed E-state index contributed by atoms with van der Waals surface area (Å²) in [5.74, 6) is -1.03. The minimum absolute atomic E-state index is 0.193. The van der Waals surface area contributed by atoms with Crippen molar-refractivity contribution in [2.75, 3.05) is 125 Å². The van der Waals surface area contributed by atoms with Crippen molar-refractivity contribution < 1.29 is 57.1 Å². The van der Waals surface area contributed by atoms with E-state index in [2.05, 4.69) is 21.3 Å². The number of halogens is 1. The monoisotopic (exact) mass is 835 g/mol. The minimum atomic E-state index is -0.681. The minimum Gasteiger partial charge on any atom is -0.379 e. The van der Waals surface area contributed by atoms with Crippen LogP contribution in [0.3, 0.4) is 0 Å². The molecule has 2 heterocycles. The molecule has 0 bridgehead atoms. The van der Waals surface area contributed by atoms with Crippen LogP contribution in [0, 0.1) is 0 Å². The molecule has 58 heavy (non-hydrogen) atoms. The molecule has 1 unspecified atom stereocenters. The van der Waals surface area contributed by atoms with Gasteiger partial charge in [-0.2, -0.15) is 0 Å². The van der Waals surface area contributed by atoms with Crippen LogP contribution in [0.25, 0.3) is 0 Å². The van der Waals surface area contributed by atoms with Gasteiger partial charge >= 0.3 is 6.03 Å². The molecule has 2 aliphatic heterocycles. The number of piperidine rings is 1. The predicted octanol–water partition coefficient (Wildman–Crippen LogP) is 2.32. The second-order valence-corrected chi connectivity index (χ2v) is 13.7. The molecule has 4 rings (SSSR count). The van der Waals surface area contributed by atoms with Crippen LogP contribution >= 0.6 is 11.6 Å². The van der Waals surface area contributed by atoms with Gasteiger partial charge in [-0.1, -0.05) is 23.7 Å². The number of nitrogens with one attached hydrogen (secondary N) is 4. The molecule has 0 aromatic heterocycles. The Labute approximate surface area is 345 Å². The number of carbonyl (C=O) groups excluding carboxylic acids is 4. The fourth-order valence-electron chi connectivity index (χ4n) is 5.97. The average molecular weight is 836 g/mol. The third-order valence-corrected chi connectivity index (χ3v) is 9.11. The molecule has 0 spiro atoms. The average Bonchev–Trinajstić information content (AvgIpc) is 3.52. The van der Waals surface area contributed by atoms with Crippen LogP contribution in [-0.4, -0.2) is 154 Å². The number of hydrogen-bond acceptors (Lipinski definition) is 13. The topological polar surface area (TPSA) is 193 Å². The summed E-state index contributed by atoms with van der Waals surface area (Å²) in [4.78, 5) is 51.0. The predicted molar refractivity (Wildman–Crippen MR) is 214 cm³/mol. The van der Waals surface area contributed by atoms with Crippen molar-refractivity contribution in [3.8, 4) is 0 Å². The Morgan fingerprint density at radius 2 is 1.28 bits per heavy atom. The van der Waals surface area contributed by atoms with Crippen molar-refractivity contribution in [3.63, 3.8) is 0 Å². The van der Waals surface area contributed by atoms with Crippen molar-refractivity contribution in [3.05, 3.63) is 63.7 Å². The molecule has 2 aromatic rings. The third-order valence-electron chi connectivity index (χ3n) is 8.89. The first-order chi connectivity index (χ1) is 28.3. The first-order valence-electron chi connectivity index (χ1n) is 19.7. The smallest absolute Gasteiger partial charge is 0.319 e. The van der Waals surface area contributed by atoms with Crippen LogP contribution in [0.2, 0.25) is 5.02 Å². The summed E-state index contributed by atoms with van der Waals surface area (Å²) in [6.45, 7) is 9.29. The molecular weight excluding hydrogens is 778 g/mol. The molecule has 322 valence electrons. The summed E-state index contributed by atoms with van der Waals surface area (Å²) in [6.07, 6.45) is 1.08. The number of anilines is 1. The molecular formula is C40H58ClN5O12. The maximum atomic E-state index is 12.9. The lowest BCUT2D eigenvalue weighted by atomic mass is 10.0. The SMILES string of the molecule is CNCCOCCOCCOCCOCCOCCOCCOCCOCCc1cc(Cl)cc(NC(=O)NCc2ccc3c(c2)CN(C2CCC(=O)NC2=O)C3=O)c1. The zero-order valence-corrected chi connectivity index (χ0v) is 34.1. The van der Waals surface area contributed by atoms with E-state index in [4.69, 9.17) is 49.5 Å². The molecule has 1 fully saturated rings. The van der Waals surface area contributed by atoms with E-state index in [9.17, 15) is 19.2 Å². The second-order valence-electron chi connectivity index (χ2n) is 13.3. The maximum Gasteiger partial charge on any atom is 0.319 e. The first kappa shape index (κ1) is 46.9. The Hall–Kier alpha value is -3.75. The largest absolute Gasteiger partial charge is 0.379 e. The van der Waals surface area contributed by atoms with Crippen LogP contribution in [-0.2, 0) is 67.0 Å². The Morgan fingerprint density at radius 3 is 1.83 bits per heavy atom. The molecule has 0 aliphatic carbocycles. The van der Waals surface area contributed by atoms with Gasteiger partial charge in [0.05, 0.1) is 106 Å². The van der Waals surface area contributed by atoms with Gasteiger partial charge in [0.1, 0.15) is 6.04 Å². The molecule has 0 radical (unpaired) electrons. The molecule has 18 heteroatoms. The van der Waals surface area contributed by atoms with Gasteiger partial charge in [0.2, 0.25) is 11.8 Å². The Balaban J connectivity index is 0.950. The lowest BCUT2D eigenvalue weighted by molar-refractivity contribution is -0.136. The Kier molecular flexibility index (Phi) is 22.5. The van der Waals surface area contributed by atoms with E-state index in [1.54, 1.807) is 18.2 Å². The number of rotatable bonds is 31. The number of ether oxygens (including phenoxy) is 8. The number of amides is 5. The van der Waals surface area contributed by atoms with Gasteiger partial charge in [0.15, 0.2) is 0 Å². The lowest BCUT2D eigenvalue weighted by Gasteiger charge is -2.29. The van der Waals surface area contributed by atoms with Gasteiger partial charge in [-0.3, -0.25) is 19.7 Å². The molecule has 17 nitrogen and oxygen atoms in total. The molecule has 2 aromatic carbocycles. The zero-order valence-electron chi connectivity index (χ0n) is 33.3. The molecule has 2 aliphatic rings. The van der Waals surface area contributed by atoms with Crippen LogP contribution < -0.4 is 21.3 Å². The number of likely N-dealkylation sites (N-methyl/N-ethyl adjacent to an activating group) is 1. The van der Waals surface area contributed by atoms with Crippen molar-refractivity contribution in [1.82, 2.24) is 20.9 Å². The van der Waals surface area contributed by atoms with E-state index in [1.807, 2.05) is 25.2 Å². The first-order valence-corrected chi connectivity index (χ1v) is 20.1. The van der Waals surface area contributed by atoms with Gasteiger partial charge in [0, 0.05) is 42.3 Å². The highest BCUT2D eigenvalue weighted by Crippen LogP contribution is 2.28. The summed E-state index contributed by atoms with van der Waals surface area (Å²) >= 11 is 6.33. The molecule has 1 saturated heterocycles. The fourth-order valence-corrected chi connectivity index (χ4v) is 6.23. The van der Waals surface area contributed by atoms with Gasteiger partial charge in [-0.15, -0.1) is 0 Å². The molecule has 1 atom stereocenters. The van der Waals surface area contributed by atoms with Crippen LogP contribution in [0.1, 0.15) is 39.9 Å². The molecule has 4 N–H and O–H groups in total. The number of imide groups is 1. The second kappa shape index (κ2) is 27.8. The summed E-state index contributed by atoms with van der Waals surface area (Å²) in [7, 11) is 1.89. The highest BCUT2D eigenvalue weighted by molar-refractivity contribution is 6.31. The van der Waals surface area contributed by atoms with Crippen molar-refractivity contribution >= 4 is 41.0 Å². The molecule has 0 saturated carbocycles. The van der Waals surface area contributed by atoms with E-state index in [1.165, 1.54) is 4.90 Å². The van der Waals surface area contributed by atoms with E-state index in [-0.39, 0.29) is 31.3 Å². The number of hydrogen-bond donors (Lipinski definition) is 4. The third kappa shape index (κ3) is 18.0. The van der Waals surface area contributed by atoms with Crippen LogP contribution in [0.15, 0.2) is 36.4 Å². The molecule has 5 amide bonds. The number of carbonyl (C=O) groups is 4. The van der Waals surface area contributed by atoms with Gasteiger partial charge < -0.3 is 58.7 Å². The van der Waals surface area contributed by atoms with E-state index >= 15 is 0 Å². The quantitative estimate of drug-likeness (QED) is 0.0640. The highest BCUT2D eigenvalue weighted by Gasteiger charge is 2.39. The number of benzene rings is 2. The standard InChI is InChI=1S/C40H58ClN5O12/c1-42-7-9-52-11-13-54-15-17-56-19-21-58-23-22-57-20-18-55-16-14-53-12-10-51-8-6-30-25-33(41)27-34(26-30)44-40(50)43-28-31-2-3-35-32(24-31)29-46(39(35)49)36-4-5-37(47)45-38(36)48/h2-3,24-27,36,42H,4-23,28-29H2,1H3,(H2,43,44,50)(H,45,47,48). The van der Waals surface area contributed by atoms with Gasteiger partial charge in [-0.05, 0) is 60.8 Å². The highest BCUT2D eigenvalue weighted by atomic mass is 35.5.